The number of hydrogen-bond acceptors (Lipinski definition) is 4. The first-order chi connectivity index (χ1) is 10.5. The molecule has 1 atom stereocenters. The van der Waals surface area contributed by atoms with Crippen LogP contribution in [-0.4, -0.2) is 44.8 Å². The highest BCUT2D eigenvalue weighted by Crippen LogP contribution is 2.25. The van der Waals surface area contributed by atoms with Crippen molar-refractivity contribution in [3.63, 3.8) is 0 Å². The summed E-state index contributed by atoms with van der Waals surface area (Å²) >= 11 is 0. The van der Waals surface area contributed by atoms with Crippen LogP contribution in [-0.2, 0) is 10.0 Å². The molecule has 118 valence electrons. The van der Waals surface area contributed by atoms with Gasteiger partial charge in [-0.2, -0.15) is 0 Å². The van der Waals surface area contributed by atoms with Crippen molar-refractivity contribution in [2.24, 2.45) is 5.14 Å². The average molecular weight is 320 g/mol. The molecule has 0 radical (unpaired) electrons. The molecule has 1 fully saturated rings. The third-order valence-corrected chi connectivity index (χ3v) is 5.42. The predicted molar refractivity (Wildman–Crippen MR) is 87.4 cm³/mol. The molecular weight excluding hydrogens is 300 g/mol. The molecule has 6 heteroatoms. The van der Waals surface area contributed by atoms with Gasteiger partial charge in [0, 0.05) is 18.5 Å². The van der Waals surface area contributed by atoms with Crippen molar-refractivity contribution in [3.8, 4) is 5.75 Å². The van der Waals surface area contributed by atoms with Crippen molar-refractivity contribution >= 4 is 20.8 Å². The van der Waals surface area contributed by atoms with Gasteiger partial charge in [-0.05, 0) is 24.4 Å². The molecule has 2 aromatic rings. The van der Waals surface area contributed by atoms with E-state index in [2.05, 4.69) is 17.0 Å². The van der Waals surface area contributed by atoms with Gasteiger partial charge >= 0.3 is 0 Å². The third-order valence-electron chi connectivity index (χ3n) is 4.11. The summed E-state index contributed by atoms with van der Waals surface area (Å²) in [7, 11) is -3.42. The molecule has 2 N–H and O–H groups in total. The Balaban J connectivity index is 1.57. The van der Waals surface area contributed by atoms with E-state index in [0.717, 1.165) is 23.1 Å². The van der Waals surface area contributed by atoms with Crippen LogP contribution in [0.15, 0.2) is 42.5 Å². The van der Waals surface area contributed by atoms with Crippen molar-refractivity contribution in [2.45, 2.75) is 11.7 Å². The van der Waals surface area contributed by atoms with Crippen molar-refractivity contribution in [1.82, 2.24) is 4.90 Å². The highest BCUT2D eigenvalue weighted by atomic mass is 32.2. The van der Waals surface area contributed by atoms with Crippen LogP contribution in [0.2, 0.25) is 0 Å². The number of fused-ring (bicyclic) bond motifs is 1. The average Bonchev–Trinajstić information content (AvgIpc) is 2.97. The standard InChI is InChI=1S/C16H20N2O3S/c17-22(19,20)14-8-9-18(12-14)10-11-21-16-7-3-5-13-4-1-2-6-15(13)16/h1-7,14H,8-12H2,(H2,17,19,20). The summed E-state index contributed by atoms with van der Waals surface area (Å²) in [4.78, 5) is 2.08. The molecule has 5 nitrogen and oxygen atoms in total. The summed E-state index contributed by atoms with van der Waals surface area (Å²) in [5.41, 5.74) is 0. The Morgan fingerprint density at radius 1 is 1.18 bits per heavy atom. The topological polar surface area (TPSA) is 72.6 Å². The number of hydrogen-bond donors (Lipinski definition) is 1. The van der Waals surface area contributed by atoms with E-state index in [-0.39, 0.29) is 0 Å². The Hall–Kier alpha value is -1.63. The Morgan fingerprint density at radius 3 is 2.73 bits per heavy atom. The van der Waals surface area contributed by atoms with Crippen LogP contribution in [0.5, 0.6) is 5.75 Å². The van der Waals surface area contributed by atoms with Crippen molar-refractivity contribution in [2.75, 3.05) is 26.2 Å². The molecule has 1 heterocycles. The molecule has 0 aromatic heterocycles. The zero-order valence-corrected chi connectivity index (χ0v) is 13.1. The maximum absolute atomic E-state index is 11.3. The molecule has 3 rings (SSSR count). The Morgan fingerprint density at radius 2 is 1.95 bits per heavy atom. The summed E-state index contributed by atoms with van der Waals surface area (Å²) in [5.74, 6) is 0.861. The minimum absolute atomic E-state index is 0.440. The Bertz CT molecular complexity index is 756. The van der Waals surface area contributed by atoms with Crippen LogP contribution < -0.4 is 9.88 Å². The van der Waals surface area contributed by atoms with E-state index in [9.17, 15) is 8.42 Å². The van der Waals surface area contributed by atoms with E-state index < -0.39 is 15.3 Å². The van der Waals surface area contributed by atoms with Crippen LogP contribution >= 0.6 is 0 Å². The van der Waals surface area contributed by atoms with E-state index in [0.29, 0.717) is 26.1 Å². The number of benzene rings is 2. The van der Waals surface area contributed by atoms with Gasteiger partial charge in [0.25, 0.3) is 0 Å². The van der Waals surface area contributed by atoms with Crippen LogP contribution in [0.3, 0.4) is 0 Å². The molecule has 0 spiro atoms. The minimum atomic E-state index is -3.42. The van der Waals surface area contributed by atoms with Gasteiger partial charge in [-0.15, -0.1) is 0 Å². The summed E-state index contributed by atoms with van der Waals surface area (Å²) in [5, 5.41) is 7.00. The lowest BCUT2D eigenvalue weighted by atomic mass is 10.1. The van der Waals surface area contributed by atoms with Gasteiger partial charge in [0.05, 0.1) is 5.25 Å². The molecule has 1 aliphatic rings. The van der Waals surface area contributed by atoms with Gasteiger partial charge in [0.15, 0.2) is 0 Å². The van der Waals surface area contributed by atoms with Crippen LogP contribution in [0, 0.1) is 0 Å². The molecule has 1 saturated heterocycles. The predicted octanol–water partition coefficient (Wildman–Crippen LogP) is 1.58. The second-order valence-electron chi connectivity index (χ2n) is 5.63. The zero-order valence-electron chi connectivity index (χ0n) is 12.3. The lowest BCUT2D eigenvalue weighted by Crippen LogP contribution is -2.33. The fourth-order valence-electron chi connectivity index (χ4n) is 2.87. The van der Waals surface area contributed by atoms with Crippen LogP contribution in [0.25, 0.3) is 10.8 Å². The first-order valence-electron chi connectivity index (χ1n) is 7.38. The first kappa shape index (κ1) is 15.3. The number of nitrogens with zero attached hydrogens (tertiary/aromatic N) is 1. The molecule has 1 aliphatic heterocycles. The molecule has 22 heavy (non-hydrogen) atoms. The minimum Gasteiger partial charge on any atom is -0.492 e. The molecule has 0 bridgehead atoms. The highest BCUT2D eigenvalue weighted by molar-refractivity contribution is 7.89. The van der Waals surface area contributed by atoms with Gasteiger partial charge in [-0.25, -0.2) is 13.6 Å². The monoisotopic (exact) mass is 320 g/mol. The number of nitrogens with two attached hydrogens (primary N) is 1. The van der Waals surface area contributed by atoms with Gasteiger partial charge in [0.2, 0.25) is 10.0 Å². The Kier molecular flexibility index (Phi) is 4.33. The molecule has 0 aliphatic carbocycles. The summed E-state index contributed by atoms with van der Waals surface area (Å²) in [6.45, 7) is 2.48. The highest BCUT2D eigenvalue weighted by Gasteiger charge is 2.30. The van der Waals surface area contributed by atoms with Gasteiger partial charge in [-0.1, -0.05) is 36.4 Å². The molecule has 0 amide bonds. The second-order valence-corrected chi connectivity index (χ2v) is 7.47. The Labute approximate surface area is 130 Å². The van der Waals surface area contributed by atoms with Gasteiger partial charge in [0.1, 0.15) is 12.4 Å². The number of ether oxygens (including phenoxy) is 1. The molecule has 0 saturated carbocycles. The number of primary sulfonamides is 1. The third kappa shape index (κ3) is 3.40. The van der Waals surface area contributed by atoms with Crippen molar-refractivity contribution in [1.29, 1.82) is 0 Å². The maximum Gasteiger partial charge on any atom is 0.213 e. The summed E-state index contributed by atoms with van der Waals surface area (Å²) in [6.07, 6.45) is 0.604. The SMILES string of the molecule is NS(=O)(=O)C1CCN(CCOc2cccc3ccccc23)C1. The van der Waals surface area contributed by atoms with Gasteiger partial charge < -0.3 is 4.74 Å². The van der Waals surface area contributed by atoms with Gasteiger partial charge in [-0.3, -0.25) is 4.90 Å². The number of likely N-dealkylation sites (tertiary alicyclic amines) is 1. The summed E-state index contributed by atoms with van der Waals surface area (Å²) < 4.78 is 28.6. The van der Waals surface area contributed by atoms with Crippen LogP contribution in [0.1, 0.15) is 6.42 Å². The van der Waals surface area contributed by atoms with E-state index in [1.807, 2.05) is 30.3 Å². The van der Waals surface area contributed by atoms with E-state index in [1.165, 1.54) is 0 Å². The smallest absolute Gasteiger partial charge is 0.213 e. The van der Waals surface area contributed by atoms with Crippen molar-refractivity contribution < 1.29 is 13.2 Å². The zero-order chi connectivity index (χ0) is 15.6. The normalized spacial score (nSPS) is 19.6. The van der Waals surface area contributed by atoms with Crippen LogP contribution in [0.4, 0.5) is 0 Å². The quantitative estimate of drug-likeness (QED) is 0.908. The molecule has 2 aromatic carbocycles. The van der Waals surface area contributed by atoms with E-state index in [4.69, 9.17) is 9.88 Å². The molecular formula is C16H20N2O3S. The largest absolute Gasteiger partial charge is 0.492 e. The lowest BCUT2D eigenvalue weighted by Gasteiger charge is -2.16. The van der Waals surface area contributed by atoms with Crippen molar-refractivity contribution in [3.05, 3.63) is 42.5 Å². The van der Waals surface area contributed by atoms with E-state index in [1.54, 1.807) is 0 Å². The number of rotatable bonds is 5. The van der Waals surface area contributed by atoms with E-state index >= 15 is 0 Å². The first-order valence-corrected chi connectivity index (χ1v) is 8.99. The maximum atomic E-state index is 11.3. The fourth-order valence-corrected chi connectivity index (χ4v) is 3.73. The fraction of sp³-hybridized carbons (Fsp3) is 0.375. The second kappa shape index (κ2) is 6.24. The lowest BCUT2D eigenvalue weighted by molar-refractivity contribution is 0.239. The molecule has 1 unspecified atom stereocenters. The number of sulfonamides is 1. The summed E-state index contributed by atoms with van der Waals surface area (Å²) in [6, 6.07) is 14.1.